The first kappa shape index (κ1) is 12.3. The van der Waals surface area contributed by atoms with Gasteiger partial charge in [-0.15, -0.1) is 0 Å². The molecule has 0 aliphatic rings. The Kier molecular flexibility index (Phi) is 4.13. The molecule has 0 amide bonds. The van der Waals surface area contributed by atoms with Crippen molar-refractivity contribution in [3.63, 3.8) is 0 Å². The summed E-state index contributed by atoms with van der Waals surface area (Å²) in [4.78, 5) is 0. The van der Waals surface area contributed by atoms with Crippen LogP contribution in [-0.4, -0.2) is 12.8 Å². The Morgan fingerprint density at radius 1 is 1.25 bits per heavy atom. The maximum Gasteiger partial charge on any atom is 0.237 e. The zero-order chi connectivity index (χ0) is 12.1. The first-order chi connectivity index (χ1) is 7.58. The van der Waals surface area contributed by atoms with Crippen LogP contribution in [0.15, 0.2) is 23.3 Å². The van der Waals surface area contributed by atoms with Crippen LogP contribution in [0.1, 0.15) is 0 Å². The van der Waals surface area contributed by atoms with Crippen molar-refractivity contribution in [3.8, 4) is 12.1 Å². The van der Waals surface area contributed by atoms with Crippen molar-refractivity contribution in [2.24, 2.45) is 5.10 Å². The predicted octanol–water partition coefficient (Wildman–Crippen LogP) is 2.83. The van der Waals surface area contributed by atoms with Gasteiger partial charge in [0.25, 0.3) is 0 Å². The summed E-state index contributed by atoms with van der Waals surface area (Å²) in [6.07, 6.45) is 0. The second kappa shape index (κ2) is 5.37. The van der Waals surface area contributed by atoms with Gasteiger partial charge in [0, 0.05) is 7.05 Å². The van der Waals surface area contributed by atoms with Crippen LogP contribution in [0.25, 0.3) is 0 Å². The van der Waals surface area contributed by atoms with Crippen molar-refractivity contribution in [1.29, 1.82) is 10.5 Å². The predicted molar refractivity (Wildman–Crippen MR) is 63.5 cm³/mol. The van der Waals surface area contributed by atoms with Gasteiger partial charge in [-0.3, -0.25) is 5.01 Å². The van der Waals surface area contributed by atoms with Gasteiger partial charge >= 0.3 is 0 Å². The summed E-state index contributed by atoms with van der Waals surface area (Å²) in [5.74, 6) is 0. The molecule has 0 aromatic heterocycles. The lowest BCUT2D eigenvalue weighted by Crippen LogP contribution is -2.11. The fourth-order valence-electron chi connectivity index (χ4n) is 0.964. The molecule has 0 spiro atoms. The van der Waals surface area contributed by atoms with E-state index in [0.29, 0.717) is 15.7 Å². The highest BCUT2D eigenvalue weighted by molar-refractivity contribution is 6.42. The molecule has 0 aliphatic heterocycles. The van der Waals surface area contributed by atoms with E-state index in [9.17, 15) is 0 Å². The molecule has 4 nitrogen and oxygen atoms in total. The normalized spacial score (nSPS) is 8.81. The third kappa shape index (κ3) is 2.87. The molecule has 0 aliphatic carbocycles. The van der Waals surface area contributed by atoms with Crippen LogP contribution in [0.2, 0.25) is 10.0 Å². The van der Waals surface area contributed by atoms with E-state index < -0.39 is 0 Å². The Balaban J connectivity index is 3.03. The third-order valence-corrected chi connectivity index (χ3v) is 2.48. The standard InChI is InChI=1S/C10H6Cl2N4/c1-16(15-7(5-13)6-14)8-2-3-9(11)10(12)4-8/h2-4H,1H3. The Morgan fingerprint density at radius 2 is 1.88 bits per heavy atom. The molecule has 0 bridgehead atoms. The molecular weight excluding hydrogens is 247 g/mol. The smallest absolute Gasteiger partial charge is 0.237 e. The molecule has 1 aromatic carbocycles. The topological polar surface area (TPSA) is 63.2 Å². The maximum absolute atomic E-state index is 8.54. The Labute approximate surface area is 103 Å². The van der Waals surface area contributed by atoms with Crippen molar-refractivity contribution in [1.82, 2.24) is 0 Å². The maximum atomic E-state index is 8.54. The first-order valence-electron chi connectivity index (χ1n) is 4.16. The summed E-state index contributed by atoms with van der Waals surface area (Å²) in [6.45, 7) is 0. The monoisotopic (exact) mass is 252 g/mol. The summed E-state index contributed by atoms with van der Waals surface area (Å²) < 4.78 is 0. The highest BCUT2D eigenvalue weighted by Crippen LogP contribution is 2.26. The third-order valence-electron chi connectivity index (χ3n) is 1.74. The van der Waals surface area contributed by atoms with Crippen LogP contribution in [0.4, 0.5) is 5.69 Å². The molecular formula is C10H6Cl2N4. The van der Waals surface area contributed by atoms with Crippen molar-refractivity contribution >= 4 is 34.6 Å². The van der Waals surface area contributed by atoms with E-state index in [1.807, 2.05) is 0 Å². The lowest BCUT2D eigenvalue weighted by atomic mass is 10.3. The van der Waals surface area contributed by atoms with Crippen LogP contribution >= 0.6 is 23.2 Å². The number of rotatable bonds is 2. The van der Waals surface area contributed by atoms with Crippen molar-refractivity contribution < 1.29 is 0 Å². The molecule has 0 atom stereocenters. The lowest BCUT2D eigenvalue weighted by Gasteiger charge is -2.12. The molecule has 0 N–H and O–H groups in total. The van der Waals surface area contributed by atoms with Crippen molar-refractivity contribution in [2.75, 3.05) is 12.1 Å². The molecule has 80 valence electrons. The highest BCUT2D eigenvalue weighted by atomic mass is 35.5. The number of benzene rings is 1. The molecule has 0 saturated carbocycles. The van der Waals surface area contributed by atoms with Gasteiger partial charge in [-0.05, 0) is 18.2 Å². The van der Waals surface area contributed by atoms with Crippen LogP contribution in [0.3, 0.4) is 0 Å². The van der Waals surface area contributed by atoms with Crippen LogP contribution < -0.4 is 5.01 Å². The first-order valence-corrected chi connectivity index (χ1v) is 4.91. The van der Waals surface area contributed by atoms with E-state index in [1.165, 1.54) is 5.01 Å². The van der Waals surface area contributed by atoms with Crippen LogP contribution in [0.5, 0.6) is 0 Å². The van der Waals surface area contributed by atoms with Gasteiger partial charge in [0.15, 0.2) is 0 Å². The largest absolute Gasteiger partial charge is 0.267 e. The number of hydrogen-bond donors (Lipinski definition) is 0. The minimum absolute atomic E-state index is 0.228. The molecule has 0 saturated heterocycles. The van der Waals surface area contributed by atoms with Gasteiger partial charge in [-0.2, -0.15) is 15.6 Å². The molecule has 0 radical (unpaired) electrons. The summed E-state index contributed by atoms with van der Waals surface area (Å²) in [7, 11) is 1.61. The van der Waals surface area contributed by atoms with E-state index in [0.717, 1.165) is 0 Å². The van der Waals surface area contributed by atoms with E-state index in [-0.39, 0.29) is 5.71 Å². The Hall–Kier alpha value is -1.75. The molecule has 16 heavy (non-hydrogen) atoms. The minimum Gasteiger partial charge on any atom is -0.267 e. The summed E-state index contributed by atoms with van der Waals surface area (Å²) in [5.41, 5.74) is 0.408. The number of hydrogen-bond acceptors (Lipinski definition) is 4. The summed E-state index contributed by atoms with van der Waals surface area (Å²) in [6, 6.07) is 8.23. The molecule has 0 fully saturated rings. The van der Waals surface area contributed by atoms with E-state index >= 15 is 0 Å². The fourth-order valence-corrected chi connectivity index (χ4v) is 1.26. The number of halogens is 2. The quantitative estimate of drug-likeness (QED) is 0.601. The zero-order valence-corrected chi connectivity index (χ0v) is 9.79. The van der Waals surface area contributed by atoms with Crippen LogP contribution in [0, 0.1) is 22.7 Å². The fraction of sp³-hybridized carbons (Fsp3) is 0.100. The van der Waals surface area contributed by atoms with Gasteiger partial charge in [-0.1, -0.05) is 23.2 Å². The average molecular weight is 253 g/mol. The van der Waals surface area contributed by atoms with E-state index in [1.54, 1.807) is 37.4 Å². The SMILES string of the molecule is CN(N=C(C#N)C#N)c1ccc(Cl)c(Cl)c1. The van der Waals surface area contributed by atoms with Gasteiger partial charge in [0.2, 0.25) is 5.71 Å². The zero-order valence-electron chi connectivity index (χ0n) is 8.28. The average Bonchev–Trinajstić information content (AvgIpc) is 2.29. The van der Waals surface area contributed by atoms with Crippen molar-refractivity contribution in [3.05, 3.63) is 28.2 Å². The van der Waals surface area contributed by atoms with E-state index in [4.69, 9.17) is 33.7 Å². The van der Waals surface area contributed by atoms with Gasteiger partial charge in [0.05, 0.1) is 15.7 Å². The van der Waals surface area contributed by atoms with E-state index in [2.05, 4.69) is 5.10 Å². The van der Waals surface area contributed by atoms with Crippen molar-refractivity contribution in [2.45, 2.75) is 0 Å². The Bertz CT molecular complexity index is 495. The second-order valence-electron chi connectivity index (χ2n) is 2.79. The summed E-state index contributed by atoms with van der Waals surface area (Å²) >= 11 is 11.6. The molecule has 1 aromatic rings. The molecule has 0 heterocycles. The number of hydrazone groups is 1. The van der Waals surface area contributed by atoms with Gasteiger partial charge < -0.3 is 0 Å². The Morgan fingerprint density at radius 3 is 2.38 bits per heavy atom. The van der Waals surface area contributed by atoms with Crippen LogP contribution in [-0.2, 0) is 0 Å². The number of anilines is 1. The molecule has 0 unspecified atom stereocenters. The lowest BCUT2D eigenvalue weighted by molar-refractivity contribution is 1.02. The van der Waals surface area contributed by atoms with Gasteiger partial charge in [0.1, 0.15) is 12.1 Å². The minimum atomic E-state index is -0.228. The number of nitriles is 2. The second-order valence-corrected chi connectivity index (χ2v) is 3.61. The number of nitrogens with zero attached hydrogens (tertiary/aromatic N) is 4. The van der Waals surface area contributed by atoms with Gasteiger partial charge in [-0.25, -0.2) is 0 Å². The highest BCUT2D eigenvalue weighted by Gasteiger charge is 2.04. The molecule has 6 heteroatoms. The summed E-state index contributed by atoms with van der Waals surface area (Å²) in [5, 5.41) is 23.1. The molecule has 1 rings (SSSR count).